The summed E-state index contributed by atoms with van der Waals surface area (Å²) < 4.78 is 11.1. The molecule has 1 heterocycles. The number of hydrogen-bond acceptors (Lipinski definition) is 4. The minimum absolute atomic E-state index is 0.140. The van der Waals surface area contributed by atoms with E-state index in [0.717, 1.165) is 22.6 Å². The highest BCUT2D eigenvalue weighted by molar-refractivity contribution is 6.08. The third-order valence-corrected chi connectivity index (χ3v) is 4.22. The molecule has 5 nitrogen and oxygen atoms in total. The largest absolute Gasteiger partial charge is 0.448 e. The van der Waals surface area contributed by atoms with E-state index >= 15 is 0 Å². The number of rotatable bonds is 5. The number of furan rings is 1. The van der Waals surface area contributed by atoms with Crippen LogP contribution in [0.1, 0.15) is 36.4 Å². The van der Waals surface area contributed by atoms with Crippen LogP contribution in [-0.4, -0.2) is 24.5 Å². The van der Waals surface area contributed by atoms with Crippen molar-refractivity contribution in [3.63, 3.8) is 0 Å². The van der Waals surface area contributed by atoms with Gasteiger partial charge in [0.05, 0.1) is 0 Å². The van der Waals surface area contributed by atoms with Gasteiger partial charge in [-0.1, -0.05) is 43.3 Å². The van der Waals surface area contributed by atoms with Crippen LogP contribution in [0.3, 0.4) is 0 Å². The van der Waals surface area contributed by atoms with Gasteiger partial charge in [-0.2, -0.15) is 0 Å². The highest BCUT2D eigenvalue weighted by Crippen LogP contribution is 2.32. The maximum Gasteiger partial charge on any atom is 0.375 e. The topological polar surface area (TPSA) is 68.5 Å². The zero-order chi connectivity index (χ0) is 18.0. The molecule has 3 aromatic rings. The van der Waals surface area contributed by atoms with Crippen LogP contribution < -0.4 is 5.32 Å². The van der Waals surface area contributed by atoms with Gasteiger partial charge in [-0.15, -0.1) is 0 Å². The smallest absolute Gasteiger partial charge is 0.375 e. The van der Waals surface area contributed by atoms with E-state index in [1.54, 1.807) is 6.92 Å². The molecule has 0 saturated heterocycles. The van der Waals surface area contributed by atoms with E-state index in [2.05, 4.69) is 5.32 Å². The molecule has 5 heteroatoms. The summed E-state index contributed by atoms with van der Waals surface area (Å²) in [5.74, 6) is -0.798. The summed E-state index contributed by atoms with van der Waals surface area (Å²) in [7, 11) is 0. The molecule has 0 spiro atoms. The van der Waals surface area contributed by atoms with Gasteiger partial charge >= 0.3 is 5.97 Å². The van der Waals surface area contributed by atoms with Crippen molar-refractivity contribution in [2.24, 2.45) is 0 Å². The first-order chi connectivity index (χ1) is 12.0. The van der Waals surface area contributed by atoms with Crippen LogP contribution in [0, 0.1) is 6.92 Å². The average molecular weight is 339 g/mol. The zero-order valence-electron chi connectivity index (χ0n) is 14.6. The zero-order valence-corrected chi connectivity index (χ0v) is 14.6. The Kier molecular flexibility index (Phi) is 4.74. The number of hydrogen-bond donors (Lipinski definition) is 1. The van der Waals surface area contributed by atoms with Gasteiger partial charge < -0.3 is 14.5 Å². The fourth-order valence-corrected chi connectivity index (χ4v) is 2.80. The highest BCUT2D eigenvalue weighted by Gasteiger charge is 2.24. The molecule has 0 unspecified atom stereocenters. The van der Waals surface area contributed by atoms with Gasteiger partial charge in [0, 0.05) is 22.9 Å². The van der Waals surface area contributed by atoms with Gasteiger partial charge in [0.25, 0.3) is 5.91 Å². The molecule has 0 bridgehead atoms. The van der Waals surface area contributed by atoms with Crippen molar-refractivity contribution in [3.05, 3.63) is 47.7 Å². The third-order valence-electron chi connectivity index (χ3n) is 4.22. The number of ether oxygens (including phenoxy) is 1. The van der Waals surface area contributed by atoms with Gasteiger partial charge in [-0.25, -0.2) is 4.79 Å². The summed E-state index contributed by atoms with van der Waals surface area (Å²) in [6, 6.07) is 11.8. The Bertz CT molecular complexity index is 941. The van der Waals surface area contributed by atoms with Crippen molar-refractivity contribution < 1.29 is 18.7 Å². The van der Waals surface area contributed by atoms with Crippen LogP contribution in [0.5, 0.6) is 0 Å². The van der Waals surface area contributed by atoms with E-state index in [1.165, 1.54) is 0 Å². The van der Waals surface area contributed by atoms with Gasteiger partial charge in [0.1, 0.15) is 5.58 Å². The van der Waals surface area contributed by atoms with Gasteiger partial charge in [-0.05, 0) is 25.7 Å². The Hall–Kier alpha value is -2.82. The molecule has 0 radical (unpaired) electrons. The van der Waals surface area contributed by atoms with Crippen molar-refractivity contribution in [3.8, 4) is 0 Å². The van der Waals surface area contributed by atoms with Crippen molar-refractivity contribution >= 4 is 33.6 Å². The lowest BCUT2D eigenvalue weighted by atomic mass is 10.1. The van der Waals surface area contributed by atoms with Crippen molar-refractivity contribution in [1.82, 2.24) is 5.32 Å². The van der Waals surface area contributed by atoms with E-state index in [9.17, 15) is 9.59 Å². The van der Waals surface area contributed by atoms with Crippen LogP contribution in [-0.2, 0) is 9.53 Å². The summed E-state index contributed by atoms with van der Waals surface area (Å²) in [4.78, 5) is 24.3. The normalized spacial score (nSPS) is 12.3. The molecule has 25 heavy (non-hydrogen) atoms. The fraction of sp³-hybridized carbons (Fsp3) is 0.300. The predicted octanol–water partition coefficient (Wildman–Crippen LogP) is 3.97. The third kappa shape index (κ3) is 3.22. The van der Waals surface area contributed by atoms with Crippen LogP contribution in [0.2, 0.25) is 0 Å². The van der Waals surface area contributed by atoms with E-state index < -0.39 is 12.1 Å². The number of nitrogens with one attached hydrogen (secondary N) is 1. The molecule has 130 valence electrons. The summed E-state index contributed by atoms with van der Waals surface area (Å²) in [5, 5.41) is 5.56. The number of esters is 1. The maximum atomic E-state index is 12.5. The Labute approximate surface area is 145 Å². The molecule has 1 N–H and O–H groups in total. The molecular formula is C20H21NO4. The molecule has 2 aromatic carbocycles. The minimum Gasteiger partial charge on any atom is -0.448 e. The van der Waals surface area contributed by atoms with Crippen molar-refractivity contribution in [2.45, 2.75) is 33.3 Å². The molecule has 1 atom stereocenters. The van der Waals surface area contributed by atoms with E-state index in [-0.39, 0.29) is 11.7 Å². The summed E-state index contributed by atoms with van der Waals surface area (Å²) in [6.45, 7) is 5.88. The first-order valence-corrected chi connectivity index (χ1v) is 8.42. The SMILES string of the molecule is CCCNC(=O)[C@@H](C)OC(=O)c1oc2c(ccc3ccccc32)c1C. The molecule has 3 rings (SSSR count). The maximum absolute atomic E-state index is 12.5. The van der Waals surface area contributed by atoms with Gasteiger partial charge in [-0.3, -0.25) is 4.79 Å². The standard InChI is InChI=1S/C20H21NO4/c1-4-11-21-19(22)13(3)24-20(23)17-12(2)15-10-9-14-7-5-6-8-16(14)18(15)25-17/h5-10,13H,4,11H2,1-3H3,(H,21,22)/t13-/m1/s1. The van der Waals surface area contributed by atoms with Crippen molar-refractivity contribution in [1.29, 1.82) is 0 Å². The average Bonchev–Trinajstić information content (AvgIpc) is 2.97. The lowest BCUT2D eigenvalue weighted by Crippen LogP contribution is -2.36. The monoisotopic (exact) mass is 339 g/mol. The Balaban J connectivity index is 1.90. The summed E-state index contributed by atoms with van der Waals surface area (Å²) >= 11 is 0. The number of amides is 1. The molecule has 0 fully saturated rings. The van der Waals surface area contributed by atoms with Crippen LogP contribution in [0.25, 0.3) is 21.7 Å². The first-order valence-electron chi connectivity index (χ1n) is 8.42. The van der Waals surface area contributed by atoms with Crippen LogP contribution in [0.4, 0.5) is 0 Å². The number of fused-ring (bicyclic) bond motifs is 3. The molecule has 0 aliphatic heterocycles. The van der Waals surface area contributed by atoms with Crippen LogP contribution >= 0.6 is 0 Å². The molecular weight excluding hydrogens is 318 g/mol. The second-order valence-electron chi connectivity index (χ2n) is 6.06. The summed E-state index contributed by atoms with van der Waals surface area (Å²) in [6.07, 6.45) is -0.0503. The molecule has 1 amide bonds. The van der Waals surface area contributed by atoms with Crippen molar-refractivity contribution in [2.75, 3.05) is 6.54 Å². The molecule has 0 aliphatic carbocycles. The van der Waals surface area contributed by atoms with E-state index in [4.69, 9.17) is 9.15 Å². The summed E-state index contributed by atoms with van der Waals surface area (Å²) in [5.41, 5.74) is 1.37. The fourth-order valence-electron chi connectivity index (χ4n) is 2.80. The second-order valence-corrected chi connectivity index (χ2v) is 6.06. The van der Waals surface area contributed by atoms with E-state index in [1.807, 2.05) is 50.2 Å². The second kappa shape index (κ2) is 6.97. The number of benzene rings is 2. The highest BCUT2D eigenvalue weighted by atomic mass is 16.6. The Morgan fingerprint density at radius 2 is 1.92 bits per heavy atom. The number of carbonyl (C=O) groups excluding carboxylic acids is 2. The molecule has 0 saturated carbocycles. The quantitative estimate of drug-likeness (QED) is 0.714. The van der Waals surface area contributed by atoms with Gasteiger partial charge in [0.15, 0.2) is 6.10 Å². The number of carbonyl (C=O) groups is 2. The molecule has 0 aliphatic rings. The lowest BCUT2D eigenvalue weighted by Gasteiger charge is -2.12. The van der Waals surface area contributed by atoms with Crippen LogP contribution in [0.15, 0.2) is 40.8 Å². The lowest BCUT2D eigenvalue weighted by molar-refractivity contribution is -0.129. The Morgan fingerprint density at radius 3 is 2.68 bits per heavy atom. The molecule has 1 aromatic heterocycles. The Morgan fingerprint density at radius 1 is 1.16 bits per heavy atom. The minimum atomic E-state index is -0.872. The van der Waals surface area contributed by atoms with E-state index in [0.29, 0.717) is 17.7 Å². The number of aryl methyl sites for hydroxylation is 1. The predicted molar refractivity (Wildman–Crippen MR) is 96.6 cm³/mol. The van der Waals surface area contributed by atoms with Gasteiger partial charge in [0.2, 0.25) is 5.76 Å². The first kappa shape index (κ1) is 17.0.